The summed E-state index contributed by atoms with van der Waals surface area (Å²) < 4.78 is 18.5. The van der Waals surface area contributed by atoms with Crippen LogP contribution in [0, 0.1) is 5.82 Å². The lowest BCUT2D eigenvalue weighted by atomic mass is 10.1. The Bertz CT molecular complexity index is 503. The number of nitrogens with one attached hydrogen (secondary N) is 2. The van der Waals surface area contributed by atoms with Crippen LogP contribution < -0.4 is 10.6 Å². The molecule has 130 valence electrons. The molecule has 1 aromatic rings. The largest absolute Gasteiger partial charge is 0.444 e. The maximum absolute atomic E-state index is 13.3. The molecule has 0 aromatic carbocycles. The lowest BCUT2D eigenvalue weighted by molar-refractivity contribution is 0.0521. The maximum atomic E-state index is 13.3. The number of amides is 1. The molecule has 6 heteroatoms. The highest BCUT2D eigenvalue weighted by molar-refractivity contribution is 5.67. The van der Waals surface area contributed by atoms with Gasteiger partial charge in [-0.25, -0.2) is 9.18 Å². The van der Waals surface area contributed by atoms with Crippen LogP contribution in [0.15, 0.2) is 18.5 Å². The highest BCUT2D eigenvalue weighted by Gasteiger charge is 2.18. The third-order valence-electron chi connectivity index (χ3n) is 3.24. The van der Waals surface area contributed by atoms with Gasteiger partial charge in [-0.05, 0) is 45.7 Å². The first kappa shape index (κ1) is 19.4. The van der Waals surface area contributed by atoms with Gasteiger partial charge in [-0.3, -0.25) is 4.98 Å². The molecule has 0 spiro atoms. The standard InChI is InChI=1S/C17H28FN3O2/c1-6-7-15(11-20-16(22)23-17(3,4)5)21-12(2)13-8-14(18)10-19-9-13/h8-10,12,15,21H,6-7,11H2,1-5H3,(H,20,22). The molecule has 1 amide bonds. The number of carbonyl (C=O) groups is 1. The molecular formula is C17H28FN3O2. The van der Waals surface area contributed by atoms with Crippen molar-refractivity contribution < 1.29 is 13.9 Å². The van der Waals surface area contributed by atoms with E-state index in [9.17, 15) is 9.18 Å². The lowest BCUT2D eigenvalue weighted by Gasteiger charge is -2.25. The van der Waals surface area contributed by atoms with Crippen LogP contribution in [0.4, 0.5) is 9.18 Å². The van der Waals surface area contributed by atoms with Gasteiger partial charge in [-0.1, -0.05) is 13.3 Å². The second-order valence-electron chi connectivity index (χ2n) is 6.69. The van der Waals surface area contributed by atoms with Gasteiger partial charge in [0.25, 0.3) is 0 Å². The molecule has 0 aliphatic heterocycles. The summed E-state index contributed by atoms with van der Waals surface area (Å²) >= 11 is 0. The molecule has 1 aromatic heterocycles. The molecular weight excluding hydrogens is 297 g/mol. The predicted octanol–water partition coefficient (Wildman–Crippen LogP) is 3.56. The average Bonchev–Trinajstić information content (AvgIpc) is 2.43. The van der Waals surface area contributed by atoms with Crippen molar-refractivity contribution in [2.75, 3.05) is 6.54 Å². The molecule has 0 saturated carbocycles. The van der Waals surface area contributed by atoms with E-state index in [0.29, 0.717) is 6.54 Å². The Balaban J connectivity index is 2.56. The van der Waals surface area contributed by atoms with Crippen LogP contribution >= 0.6 is 0 Å². The monoisotopic (exact) mass is 325 g/mol. The summed E-state index contributed by atoms with van der Waals surface area (Å²) in [5, 5.41) is 6.18. The van der Waals surface area contributed by atoms with Crippen LogP contribution in [0.3, 0.4) is 0 Å². The van der Waals surface area contributed by atoms with Crippen LogP contribution in [0.1, 0.15) is 59.1 Å². The minimum atomic E-state index is -0.516. The molecule has 0 radical (unpaired) electrons. The summed E-state index contributed by atoms with van der Waals surface area (Å²) in [6.45, 7) is 9.97. The highest BCUT2D eigenvalue weighted by Crippen LogP contribution is 2.14. The Hall–Kier alpha value is -1.69. The molecule has 0 bridgehead atoms. The molecule has 0 aliphatic carbocycles. The Morgan fingerprint density at radius 3 is 2.65 bits per heavy atom. The van der Waals surface area contributed by atoms with Gasteiger partial charge in [0.05, 0.1) is 6.20 Å². The molecule has 2 unspecified atom stereocenters. The summed E-state index contributed by atoms with van der Waals surface area (Å²) in [5.74, 6) is -0.352. The fraction of sp³-hybridized carbons (Fsp3) is 0.647. The molecule has 0 fully saturated rings. The highest BCUT2D eigenvalue weighted by atomic mass is 19.1. The minimum Gasteiger partial charge on any atom is -0.444 e. The number of hydrogen-bond donors (Lipinski definition) is 2. The van der Waals surface area contributed by atoms with E-state index in [2.05, 4.69) is 22.5 Å². The van der Waals surface area contributed by atoms with Crippen molar-refractivity contribution in [3.05, 3.63) is 29.8 Å². The van der Waals surface area contributed by atoms with Crippen LogP contribution in [0.5, 0.6) is 0 Å². The molecule has 1 rings (SSSR count). The number of nitrogens with zero attached hydrogens (tertiary/aromatic N) is 1. The number of halogens is 1. The zero-order valence-corrected chi connectivity index (χ0v) is 14.6. The van der Waals surface area contributed by atoms with Crippen LogP contribution in [-0.4, -0.2) is 29.3 Å². The van der Waals surface area contributed by atoms with Crippen molar-refractivity contribution in [3.8, 4) is 0 Å². The summed E-state index contributed by atoms with van der Waals surface area (Å²) in [6.07, 6.45) is 4.26. The van der Waals surface area contributed by atoms with E-state index in [1.165, 1.54) is 12.3 Å². The second-order valence-corrected chi connectivity index (χ2v) is 6.69. The number of pyridine rings is 1. The van der Waals surface area contributed by atoms with Crippen molar-refractivity contribution in [2.45, 2.75) is 65.1 Å². The fourth-order valence-corrected chi connectivity index (χ4v) is 2.23. The van der Waals surface area contributed by atoms with E-state index < -0.39 is 11.7 Å². The zero-order valence-electron chi connectivity index (χ0n) is 14.6. The van der Waals surface area contributed by atoms with Crippen molar-refractivity contribution in [1.82, 2.24) is 15.6 Å². The maximum Gasteiger partial charge on any atom is 0.407 e. The first-order valence-electron chi connectivity index (χ1n) is 8.04. The van der Waals surface area contributed by atoms with Gasteiger partial charge in [0.1, 0.15) is 11.4 Å². The Labute approximate surface area is 138 Å². The van der Waals surface area contributed by atoms with Crippen molar-refractivity contribution in [3.63, 3.8) is 0 Å². The zero-order chi connectivity index (χ0) is 17.5. The quantitative estimate of drug-likeness (QED) is 0.804. The normalized spacial score (nSPS) is 14.2. The molecule has 23 heavy (non-hydrogen) atoms. The number of carbonyl (C=O) groups excluding carboxylic acids is 1. The van der Waals surface area contributed by atoms with E-state index in [-0.39, 0.29) is 17.9 Å². The van der Waals surface area contributed by atoms with E-state index >= 15 is 0 Å². The molecule has 2 atom stereocenters. The van der Waals surface area contributed by atoms with E-state index in [1.807, 2.05) is 27.7 Å². The van der Waals surface area contributed by atoms with Crippen LogP contribution in [0.25, 0.3) is 0 Å². The number of ether oxygens (including phenoxy) is 1. The predicted molar refractivity (Wildman–Crippen MR) is 88.7 cm³/mol. The Kier molecular flexibility index (Phi) is 7.42. The second kappa shape index (κ2) is 8.82. The number of alkyl carbamates (subject to hydrolysis) is 1. The molecule has 2 N–H and O–H groups in total. The summed E-state index contributed by atoms with van der Waals surface area (Å²) in [4.78, 5) is 15.6. The van der Waals surface area contributed by atoms with E-state index in [4.69, 9.17) is 4.74 Å². The molecule has 5 nitrogen and oxygen atoms in total. The first-order valence-corrected chi connectivity index (χ1v) is 8.04. The fourth-order valence-electron chi connectivity index (χ4n) is 2.23. The number of rotatable bonds is 7. The summed E-state index contributed by atoms with van der Waals surface area (Å²) in [5.41, 5.74) is 0.265. The third kappa shape index (κ3) is 7.93. The first-order chi connectivity index (χ1) is 10.7. The van der Waals surface area contributed by atoms with Crippen molar-refractivity contribution >= 4 is 6.09 Å². The average molecular weight is 325 g/mol. The smallest absolute Gasteiger partial charge is 0.407 e. The van der Waals surface area contributed by atoms with Gasteiger partial charge in [0.15, 0.2) is 0 Å². The van der Waals surface area contributed by atoms with Gasteiger partial charge in [-0.2, -0.15) is 0 Å². The van der Waals surface area contributed by atoms with Crippen LogP contribution in [-0.2, 0) is 4.74 Å². The van der Waals surface area contributed by atoms with E-state index in [0.717, 1.165) is 18.4 Å². The Morgan fingerprint density at radius 1 is 1.39 bits per heavy atom. The summed E-state index contributed by atoms with van der Waals surface area (Å²) in [7, 11) is 0. The molecule has 0 aliphatic rings. The van der Waals surface area contributed by atoms with Crippen LogP contribution in [0.2, 0.25) is 0 Å². The van der Waals surface area contributed by atoms with E-state index in [1.54, 1.807) is 6.20 Å². The van der Waals surface area contributed by atoms with Gasteiger partial charge >= 0.3 is 6.09 Å². The minimum absolute atomic E-state index is 0.0600. The number of aromatic nitrogens is 1. The summed E-state index contributed by atoms with van der Waals surface area (Å²) in [6, 6.07) is 1.48. The molecule has 0 saturated heterocycles. The van der Waals surface area contributed by atoms with Crippen molar-refractivity contribution in [1.29, 1.82) is 0 Å². The number of hydrogen-bond acceptors (Lipinski definition) is 4. The Morgan fingerprint density at radius 2 is 2.09 bits per heavy atom. The van der Waals surface area contributed by atoms with Crippen molar-refractivity contribution in [2.24, 2.45) is 0 Å². The topological polar surface area (TPSA) is 63.2 Å². The van der Waals surface area contributed by atoms with Gasteiger partial charge < -0.3 is 15.4 Å². The lowest BCUT2D eigenvalue weighted by Crippen LogP contribution is -2.43. The SMILES string of the molecule is CCCC(CNC(=O)OC(C)(C)C)NC(C)c1cncc(F)c1. The van der Waals surface area contributed by atoms with Gasteiger partial charge in [-0.15, -0.1) is 0 Å². The molecule has 1 heterocycles. The van der Waals surface area contributed by atoms with Gasteiger partial charge in [0, 0.05) is 24.8 Å². The third-order valence-corrected chi connectivity index (χ3v) is 3.24. The van der Waals surface area contributed by atoms with Gasteiger partial charge in [0.2, 0.25) is 0 Å².